The van der Waals surface area contributed by atoms with Gasteiger partial charge in [-0.25, -0.2) is 0 Å². The topological polar surface area (TPSA) is 35.6 Å². The van der Waals surface area contributed by atoms with E-state index in [0.717, 1.165) is 42.4 Å². The van der Waals surface area contributed by atoms with Crippen LogP contribution in [0.5, 0.6) is 0 Å². The molecule has 1 heterocycles. The van der Waals surface area contributed by atoms with Crippen molar-refractivity contribution in [2.45, 2.75) is 4.90 Å². The van der Waals surface area contributed by atoms with Gasteiger partial charge in [0, 0.05) is 36.1 Å². The van der Waals surface area contributed by atoms with Crippen molar-refractivity contribution in [3.63, 3.8) is 0 Å². The van der Waals surface area contributed by atoms with Crippen LogP contribution in [0.1, 0.15) is 10.4 Å². The number of benzene rings is 2. The van der Waals surface area contributed by atoms with Gasteiger partial charge >= 0.3 is 0 Å². The molecule has 1 N–H and O–H groups in total. The second-order valence-corrected chi connectivity index (χ2v) is 7.39. The minimum absolute atomic E-state index is 0.109. The maximum Gasteiger partial charge on any atom is 0.256 e. The van der Waals surface area contributed by atoms with E-state index >= 15 is 0 Å². The fourth-order valence-electron chi connectivity index (χ4n) is 2.95. The molecule has 0 atom stereocenters. The Hall–Kier alpha value is -1.69. The Labute approximate surface area is 158 Å². The molecule has 1 saturated heterocycles. The Balaban J connectivity index is 1.86. The van der Waals surface area contributed by atoms with Gasteiger partial charge in [-0.3, -0.25) is 4.79 Å². The van der Waals surface area contributed by atoms with Gasteiger partial charge in [-0.15, -0.1) is 11.8 Å². The summed E-state index contributed by atoms with van der Waals surface area (Å²) in [6, 6.07) is 13.3. The second kappa shape index (κ2) is 8.13. The number of nitrogens with one attached hydrogen (secondary N) is 1. The second-order valence-electron chi connectivity index (χ2n) is 6.11. The van der Waals surface area contributed by atoms with E-state index in [1.807, 2.05) is 48.7 Å². The van der Waals surface area contributed by atoms with Gasteiger partial charge in [-0.1, -0.05) is 23.7 Å². The first-order chi connectivity index (χ1) is 12.1. The Kier molecular flexibility index (Phi) is 5.89. The molecule has 0 aliphatic carbocycles. The molecule has 3 rings (SSSR count). The van der Waals surface area contributed by atoms with Gasteiger partial charge in [0.2, 0.25) is 0 Å². The fraction of sp³-hybridized carbons (Fsp3) is 0.316. The summed E-state index contributed by atoms with van der Waals surface area (Å²) in [6.07, 6.45) is 1.97. The SMILES string of the molecule is CSc1ccccc1C(=O)Nc1cc(Cl)ccc1N1CCN(C)CC1. The van der Waals surface area contributed by atoms with E-state index in [2.05, 4.69) is 22.2 Å². The molecule has 1 fully saturated rings. The number of anilines is 2. The van der Waals surface area contributed by atoms with Gasteiger partial charge in [0.1, 0.15) is 0 Å². The van der Waals surface area contributed by atoms with Crippen LogP contribution in [0.15, 0.2) is 47.4 Å². The lowest BCUT2D eigenvalue weighted by Gasteiger charge is -2.35. The van der Waals surface area contributed by atoms with Crippen LogP contribution in [0, 0.1) is 0 Å². The summed E-state index contributed by atoms with van der Waals surface area (Å²) in [4.78, 5) is 18.4. The number of hydrogen-bond acceptors (Lipinski definition) is 4. The van der Waals surface area contributed by atoms with E-state index in [4.69, 9.17) is 11.6 Å². The first-order valence-electron chi connectivity index (χ1n) is 8.26. The third-order valence-corrected chi connectivity index (χ3v) is 5.43. The Bertz CT molecular complexity index is 760. The lowest BCUT2D eigenvalue weighted by molar-refractivity contribution is 0.102. The number of halogens is 1. The highest BCUT2D eigenvalue weighted by atomic mass is 35.5. The molecule has 132 valence electrons. The van der Waals surface area contributed by atoms with Crippen LogP contribution in [0.3, 0.4) is 0 Å². The monoisotopic (exact) mass is 375 g/mol. The number of carbonyl (C=O) groups is 1. The first kappa shape index (κ1) is 18.1. The summed E-state index contributed by atoms with van der Waals surface area (Å²) in [5.41, 5.74) is 2.46. The van der Waals surface area contributed by atoms with Crippen LogP contribution >= 0.6 is 23.4 Å². The van der Waals surface area contributed by atoms with Crippen LogP contribution in [-0.2, 0) is 0 Å². The van der Waals surface area contributed by atoms with Gasteiger partial charge < -0.3 is 15.1 Å². The predicted octanol–water partition coefficient (Wildman–Crippen LogP) is 4.07. The molecule has 0 bridgehead atoms. The lowest BCUT2D eigenvalue weighted by Crippen LogP contribution is -2.44. The lowest BCUT2D eigenvalue weighted by atomic mass is 10.1. The Morgan fingerprint density at radius 2 is 1.84 bits per heavy atom. The quantitative estimate of drug-likeness (QED) is 0.817. The van der Waals surface area contributed by atoms with Gasteiger partial charge in [0.25, 0.3) is 5.91 Å². The molecule has 25 heavy (non-hydrogen) atoms. The summed E-state index contributed by atoms with van der Waals surface area (Å²) in [7, 11) is 2.13. The van der Waals surface area contributed by atoms with E-state index in [0.29, 0.717) is 10.6 Å². The number of piperazine rings is 1. The van der Waals surface area contributed by atoms with E-state index < -0.39 is 0 Å². The number of carbonyl (C=O) groups excluding carboxylic acids is 1. The van der Waals surface area contributed by atoms with Crippen molar-refractivity contribution in [2.24, 2.45) is 0 Å². The standard InChI is InChI=1S/C19H22ClN3OS/c1-22-9-11-23(12-10-22)17-8-7-14(20)13-16(17)21-19(24)15-5-3-4-6-18(15)25-2/h3-8,13H,9-12H2,1-2H3,(H,21,24). The molecule has 6 heteroatoms. The third kappa shape index (κ3) is 4.29. The molecule has 2 aromatic rings. The molecular formula is C19H22ClN3OS. The Morgan fingerprint density at radius 1 is 1.12 bits per heavy atom. The molecule has 0 spiro atoms. The smallest absolute Gasteiger partial charge is 0.256 e. The van der Waals surface area contributed by atoms with Crippen molar-refractivity contribution >= 4 is 40.6 Å². The molecule has 0 radical (unpaired) electrons. The maximum atomic E-state index is 12.8. The first-order valence-corrected chi connectivity index (χ1v) is 9.86. The Morgan fingerprint density at radius 3 is 2.56 bits per heavy atom. The van der Waals surface area contributed by atoms with Crippen molar-refractivity contribution < 1.29 is 4.79 Å². The summed E-state index contributed by atoms with van der Waals surface area (Å²) in [5, 5.41) is 3.68. The minimum atomic E-state index is -0.109. The van der Waals surface area contributed by atoms with Crippen molar-refractivity contribution in [1.82, 2.24) is 4.90 Å². The highest BCUT2D eigenvalue weighted by molar-refractivity contribution is 7.98. The zero-order chi connectivity index (χ0) is 17.8. The molecule has 4 nitrogen and oxygen atoms in total. The van der Waals surface area contributed by atoms with E-state index in [1.165, 1.54) is 0 Å². The van der Waals surface area contributed by atoms with Crippen molar-refractivity contribution in [2.75, 3.05) is 49.7 Å². The number of thioether (sulfide) groups is 1. The molecule has 2 aromatic carbocycles. The fourth-order valence-corrected chi connectivity index (χ4v) is 3.72. The summed E-state index contributed by atoms with van der Waals surface area (Å²) in [6.45, 7) is 3.88. The average molecular weight is 376 g/mol. The van der Waals surface area contributed by atoms with Crippen molar-refractivity contribution in [1.29, 1.82) is 0 Å². The zero-order valence-electron chi connectivity index (χ0n) is 14.5. The number of amides is 1. The van der Waals surface area contributed by atoms with E-state index in [9.17, 15) is 4.79 Å². The molecular weight excluding hydrogens is 354 g/mol. The van der Waals surface area contributed by atoms with Gasteiger partial charge in [0.05, 0.1) is 16.9 Å². The van der Waals surface area contributed by atoms with E-state index in [1.54, 1.807) is 11.8 Å². The number of nitrogens with zero attached hydrogens (tertiary/aromatic N) is 2. The zero-order valence-corrected chi connectivity index (χ0v) is 16.0. The molecule has 1 amide bonds. The van der Waals surface area contributed by atoms with Crippen LogP contribution < -0.4 is 10.2 Å². The molecule has 0 unspecified atom stereocenters. The van der Waals surface area contributed by atoms with Crippen LogP contribution in [0.2, 0.25) is 5.02 Å². The molecule has 0 aromatic heterocycles. The molecule has 1 aliphatic rings. The highest BCUT2D eigenvalue weighted by Crippen LogP contribution is 2.31. The van der Waals surface area contributed by atoms with Crippen LogP contribution in [0.25, 0.3) is 0 Å². The summed E-state index contributed by atoms with van der Waals surface area (Å²) >= 11 is 7.75. The number of likely N-dealkylation sites (N-methyl/N-ethyl adjacent to an activating group) is 1. The normalized spacial score (nSPS) is 15.2. The summed E-state index contributed by atoms with van der Waals surface area (Å²) in [5.74, 6) is -0.109. The number of rotatable bonds is 4. The largest absolute Gasteiger partial charge is 0.367 e. The molecule has 0 saturated carbocycles. The third-order valence-electron chi connectivity index (χ3n) is 4.40. The van der Waals surface area contributed by atoms with Gasteiger partial charge in [0.15, 0.2) is 0 Å². The van der Waals surface area contributed by atoms with Gasteiger partial charge in [-0.05, 0) is 43.6 Å². The molecule has 1 aliphatic heterocycles. The minimum Gasteiger partial charge on any atom is -0.367 e. The van der Waals surface area contributed by atoms with Crippen LogP contribution in [-0.4, -0.2) is 50.3 Å². The van der Waals surface area contributed by atoms with Crippen molar-refractivity contribution in [3.05, 3.63) is 53.1 Å². The van der Waals surface area contributed by atoms with Gasteiger partial charge in [-0.2, -0.15) is 0 Å². The summed E-state index contributed by atoms with van der Waals surface area (Å²) < 4.78 is 0. The van der Waals surface area contributed by atoms with E-state index in [-0.39, 0.29) is 5.91 Å². The van der Waals surface area contributed by atoms with Crippen molar-refractivity contribution in [3.8, 4) is 0 Å². The van der Waals surface area contributed by atoms with Crippen LogP contribution in [0.4, 0.5) is 11.4 Å². The average Bonchev–Trinajstić information content (AvgIpc) is 2.63. The number of hydrogen-bond donors (Lipinski definition) is 1. The highest BCUT2D eigenvalue weighted by Gasteiger charge is 2.19. The maximum absolute atomic E-state index is 12.8. The predicted molar refractivity (Wildman–Crippen MR) is 107 cm³/mol.